The van der Waals surface area contributed by atoms with Crippen molar-refractivity contribution in [3.63, 3.8) is 0 Å². The van der Waals surface area contributed by atoms with Crippen molar-refractivity contribution < 1.29 is 36.7 Å². The van der Waals surface area contributed by atoms with Crippen LogP contribution in [-0.4, -0.2) is 36.1 Å². The Morgan fingerprint density at radius 1 is 1.14 bits per heavy atom. The Morgan fingerprint density at radius 2 is 1.86 bits per heavy atom. The molecule has 1 aromatic heterocycles. The molecule has 0 radical (unpaired) electrons. The molecule has 0 fully saturated rings. The van der Waals surface area contributed by atoms with Gasteiger partial charge in [-0.05, 0) is 38.1 Å². The van der Waals surface area contributed by atoms with Gasteiger partial charge in [0.15, 0.2) is 11.5 Å². The van der Waals surface area contributed by atoms with Crippen LogP contribution in [0.2, 0.25) is 0 Å². The van der Waals surface area contributed by atoms with Crippen molar-refractivity contribution in [2.24, 2.45) is 0 Å². The number of carbonyl (C=O) groups is 3. The summed E-state index contributed by atoms with van der Waals surface area (Å²) in [6, 6.07) is 7.51. The first-order chi connectivity index (χ1) is 13.1. The third kappa shape index (κ3) is 4.33. The standard InChI is InChI=1S/C18H17F3N2O5/c1-3-27-16(26)17(18(19,20)21,23-15(25)14-8-5-9-28-14)22-13-7-4-6-12(10-13)11(2)24/h4-10,22H,3H2,1-2H3,(H,23,25)/t17-/m0/s1. The molecule has 7 nitrogen and oxygen atoms in total. The van der Waals surface area contributed by atoms with Gasteiger partial charge < -0.3 is 19.8 Å². The van der Waals surface area contributed by atoms with Crippen molar-refractivity contribution in [2.75, 3.05) is 11.9 Å². The number of ether oxygens (including phenoxy) is 1. The van der Waals surface area contributed by atoms with Crippen LogP contribution in [0.5, 0.6) is 0 Å². The summed E-state index contributed by atoms with van der Waals surface area (Å²) in [5.41, 5.74) is -3.72. The highest BCUT2D eigenvalue weighted by atomic mass is 19.4. The van der Waals surface area contributed by atoms with Crippen molar-refractivity contribution in [1.29, 1.82) is 0 Å². The first-order valence-corrected chi connectivity index (χ1v) is 8.10. The molecule has 2 aromatic rings. The van der Waals surface area contributed by atoms with E-state index < -0.39 is 35.3 Å². The van der Waals surface area contributed by atoms with Gasteiger partial charge in [0.05, 0.1) is 12.9 Å². The molecular formula is C18H17F3N2O5. The number of ketones is 1. The topological polar surface area (TPSA) is 97.6 Å². The molecule has 0 saturated heterocycles. The number of Topliss-reactive ketones (excluding diaryl/α,β-unsaturated/α-hetero) is 1. The van der Waals surface area contributed by atoms with Crippen LogP contribution in [0.3, 0.4) is 0 Å². The maximum atomic E-state index is 14.0. The summed E-state index contributed by atoms with van der Waals surface area (Å²) in [6.45, 7) is 2.20. The smallest absolute Gasteiger partial charge is 0.441 e. The monoisotopic (exact) mass is 398 g/mol. The van der Waals surface area contributed by atoms with Gasteiger partial charge >= 0.3 is 17.8 Å². The summed E-state index contributed by atoms with van der Waals surface area (Å²) in [4.78, 5) is 36.1. The van der Waals surface area contributed by atoms with Crippen LogP contribution in [-0.2, 0) is 9.53 Å². The Morgan fingerprint density at radius 3 is 2.39 bits per heavy atom. The third-order valence-corrected chi connectivity index (χ3v) is 3.65. The molecule has 1 amide bonds. The number of halogens is 3. The summed E-state index contributed by atoms with van der Waals surface area (Å²) in [7, 11) is 0. The van der Waals surface area contributed by atoms with E-state index in [1.807, 2.05) is 5.32 Å². The quantitative estimate of drug-likeness (QED) is 0.423. The highest BCUT2D eigenvalue weighted by Gasteiger charge is 2.63. The molecule has 0 aliphatic carbocycles. The molecule has 0 aliphatic heterocycles. The fourth-order valence-electron chi connectivity index (χ4n) is 2.30. The summed E-state index contributed by atoms with van der Waals surface area (Å²) < 4.78 is 51.4. The molecule has 0 bridgehead atoms. The zero-order valence-electron chi connectivity index (χ0n) is 14.9. The molecule has 0 aliphatic rings. The minimum Gasteiger partial charge on any atom is -0.463 e. The van der Waals surface area contributed by atoms with E-state index in [-0.39, 0.29) is 17.9 Å². The number of nitrogens with one attached hydrogen (secondary N) is 2. The van der Waals surface area contributed by atoms with Crippen LogP contribution in [0.15, 0.2) is 47.1 Å². The van der Waals surface area contributed by atoms with E-state index in [1.165, 1.54) is 38.1 Å². The lowest BCUT2D eigenvalue weighted by atomic mass is 10.1. The third-order valence-electron chi connectivity index (χ3n) is 3.65. The Kier molecular flexibility index (Phi) is 6.12. The van der Waals surface area contributed by atoms with E-state index in [0.29, 0.717) is 0 Å². The van der Waals surface area contributed by atoms with Crippen molar-refractivity contribution >= 4 is 23.3 Å². The predicted octanol–water partition coefficient (Wildman–Crippen LogP) is 3.15. The van der Waals surface area contributed by atoms with E-state index in [0.717, 1.165) is 18.4 Å². The Labute approximate surface area is 157 Å². The van der Waals surface area contributed by atoms with Gasteiger partial charge in [0.25, 0.3) is 5.91 Å². The second kappa shape index (κ2) is 8.15. The summed E-state index contributed by atoms with van der Waals surface area (Å²) in [5.74, 6) is -3.88. The van der Waals surface area contributed by atoms with Crippen LogP contribution in [0.4, 0.5) is 18.9 Å². The lowest BCUT2D eigenvalue weighted by Gasteiger charge is -2.35. The Hall–Kier alpha value is -3.30. The highest BCUT2D eigenvalue weighted by molar-refractivity contribution is 5.98. The molecule has 0 saturated carbocycles. The number of hydrogen-bond donors (Lipinski definition) is 2. The van der Waals surface area contributed by atoms with Gasteiger partial charge in [-0.1, -0.05) is 12.1 Å². The van der Waals surface area contributed by atoms with Gasteiger partial charge in [0, 0.05) is 11.3 Å². The average molecular weight is 398 g/mol. The highest BCUT2D eigenvalue weighted by Crippen LogP contribution is 2.33. The zero-order valence-corrected chi connectivity index (χ0v) is 14.9. The normalized spacial score (nSPS) is 13.3. The van der Waals surface area contributed by atoms with Gasteiger partial charge in [0.2, 0.25) is 0 Å². The first kappa shape index (κ1) is 21.0. The predicted molar refractivity (Wildman–Crippen MR) is 91.7 cm³/mol. The van der Waals surface area contributed by atoms with Crippen molar-refractivity contribution in [3.8, 4) is 0 Å². The second-order valence-electron chi connectivity index (χ2n) is 5.66. The molecule has 1 heterocycles. The summed E-state index contributed by atoms with van der Waals surface area (Å²) >= 11 is 0. The van der Waals surface area contributed by atoms with E-state index in [9.17, 15) is 27.6 Å². The number of amides is 1. The minimum absolute atomic E-state index is 0.113. The van der Waals surface area contributed by atoms with Gasteiger partial charge in [-0.2, -0.15) is 13.2 Å². The molecule has 2 rings (SSSR count). The molecule has 2 N–H and O–H groups in total. The van der Waals surface area contributed by atoms with Crippen molar-refractivity contribution in [1.82, 2.24) is 5.32 Å². The van der Waals surface area contributed by atoms with Gasteiger partial charge in [0.1, 0.15) is 0 Å². The molecule has 1 atom stereocenters. The van der Waals surface area contributed by atoms with Gasteiger partial charge in [-0.3, -0.25) is 9.59 Å². The minimum atomic E-state index is -5.30. The molecule has 28 heavy (non-hydrogen) atoms. The van der Waals surface area contributed by atoms with E-state index in [4.69, 9.17) is 4.42 Å². The SMILES string of the molecule is CCOC(=O)[C@@](NC(=O)c1ccco1)(Nc1cccc(C(C)=O)c1)C(F)(F)F. The fourth-order valence-corrected chi connectivity index (χ4v) is 2.30. The van der Waals surface area contributed by atoms with Crippen LogP contribution < -0.4 is 10.6 Å². The van der Waals surface area contributed by atoms with Crippen molar-refractivity contribution in [3.05, 3.63) is 54.0 Å². The molecule has 1 aromatic carbocycles. The van der Waals surface area contributed by atoms with Gasteiger partial charge in [-0.15, -0.1) is 0 Å². The number of hydrogen-bond acceptors (Lipinski definition) is 6. The number of alkyl halides is 3. The number of carbonyl (C=O) groups excluding carboxylic acids is 3. The van der Waals surface area contributed by atoms with Crippen molar-refractivity contribution in [2.45, 2.75) is 25.7 Å². The summed E-state index contributed by atoms with van der Waals surface area (Å²) in [5, 5.41) is 3.61. The molecular weight excluding hydrogens is 381 g/mol. The molecule has 0 spiro atoms. The molecule has 10 heteroatoms. The average Bonchev–Trinajstić information content (AvgIpc) is 3.15. The molecule has 0 unspecified atom stereocenters. The molecule has 150 valence electrons. The number of furan rings is 1. The lowest BCUT2D eigenvalue weighted by Crippen LogP contribution is -2.69. The number of anilines is 1. The Bertz CT molecular complexity index is 864. The number of rotatable bonds is 7. The maximum absolute atomic E-state index is 14.0. The largest absolute Gasteiger partial charge is 0.463 e. The van der Waals surface area contributed by atoms with E-state index in [1.54, 1.807) is 5.32 Å². The summed E-state index contributed by atoms with van der Waals surface area (Å²) in [6.07, 6.45) is -4.20. The van der Waals surface area contributed by atoms with Crippen LogP contribution in [0.1, 0.15) is 34.8 Å². The second-order valence-corrected chi connectivity index (χ2v) is 5.66. The van der Waals surface area contributed by atoms with Crippen LogP contribution >= 0.6 is 0 Å². The Balaban J connectivity index is 2.52. The number of esters is 1. The van der Waals surface area contributed by atoms with E-state index in [2.05, 4.69) is 4.74 Å². The zero-order chi connectivity index (χ0) is 20.9. The van der Waals surface area contributed by atoms with E-state index >= 15 is 0 Å². The number of benzene rings is 1. The van der Waals surface area contributed by atoms with Crippen LogP contribution in [0.25, 0.3) is 0 Å². The lowest BCUT2D eigenvalue weighted by molar-refractivity contribution is -0.204. The van der Waals surface area contributed by atoms with Crippen LogP contribution in [0, 0.1) is 0 Å². The fraction of sp³-hybridized carbons (Fsp3) is 0.278. The maximum Gasteiger partial charge on any atom is 0.441 e. The van der Waals surface area contributed by atoms with Gasteiger partial charge in [-0.25, -0.2) is 4.79 Å². The first-order valence-electron chi connectivity index (χ1n) is 8.10.